The van der Waals surface area contributed by atoms with Crippen molar-refractivity contribution in [3.8, 4) is 5.75 Å². The predicted molar refractivity (Wildman–Crippen MR) is 132 cm³/mol. The molecule has 2 aromatic rings. The van der Waals surface area contributed by atoms with Crippen LogP contribution in [0, 0.1) is 5.92 Å². The summed E-state index contributed by atoms with van der Waals surface area (Å²) in [5.41, 5.74) is 2.98. The normalized spacial score (nSPS) is 13.8. The van der Waals surface area contributed by atoms with Gasteiger partial charge in [0.05, 0.1) is 12.5 Å². The number of hydrogen-bond acceptors (Lipinski definition) is 4. The number of nitrogens with zero attached hydrogens (tertiary/aromatic N) is 1. The first-order chi connectivity index (χ1) is 15.1. The van der Waals surface area contributed by atoms with Crippen molar-refractivity contribution in [3.05, 3.63) is 65.2 Å². The number of rotatable bonds is 11. The van der Waals surface area contributed by atoms with E-state index in [1.54, 1.807) is 0 Å². The molecule has 0 amide bonds. The molecule has 1 unspecified atom stereocenters. The summed E-state index contributed by atoms with van der Waals surface area (Å²) in [4.78, 5) is 15.0. The molecule has 0 fully saturated rings. The first-order valence-electron chi connectivity index (χ1n) is 11.9. The van der Waals surface area contributed by atoms with Gasteiger partial charge in [0.25, 0.3) is 0 Å². The van der Waals surface area contributed by atoms with E-state index in [-0.39, 0.29) is 24.4 Å². The lowest BCUT2D eigenvalue weighted by molar-refractivity contribution is -0.137. The molecule has 0 saturated carbocycles. The number of carbonyl (C=O) groups excluding carboxylic acids is 1. The molecule has 4 heteroatoms. The molecule has 0 aromatic heterocycles. The van der Waals surface area contributed by atoms with Crippen LogP contribution in [0.1, 0.15) is 83.9 Å². The maximum Gasteiger partial charge on any atom is 0.313 e. The van der Waals surface area contributed by atoms with Crippen LogP contribution in [-0.2, 0) is 11.4 Å². The van der Waals surface area contributed by atoms with Gasteiger partial charge in [0.1, 0.15) is 5.75 Å². The van der Waals surface area contributed by atoms with Gasteiger partial charge >= 0.3 is 5.97 Å². The van der Waals surface area contributed by atoms with E-state index < -0.39 is 0 Å². The van der Waals surface area contributed by atoms with Crippen LogP contribution >= 0.6 is 0 Å². The second-order valence-corrected chi connectivity index (χ2v) is 9.63. The zero-order valence-electron chi connectivity index (χ0n) is 20.8. The summed E-state index contributed by atoms with van der Waals surface area (Å²) in [6.45, 7) is 14.9. The highest BCUT2D eigenvalue weighted by Crippen LogP contribution is 2.37. The average molecular weight is 440 g/mol. The Kier molecular flexibility index (Phi) is 9.92. The van der Waals surface area contributed by atoms with Crippen LogP contribution in [-0.4, -0.2) is 34.1 Å². The number of ether oxygens (including phenoxy) is 1. The van der Waals surface area contributed by atoms with Crippen molar-refractivity contribution >= 4 is 5.97 Å². The molecule has 0 aliphatic rings. The molecule has 2 rings (SSSR count). The first kappa shape index (κ1) is 26.1. The standard InChI is InChI=1S/C28H41NO3/c1-19(2)28(31)32-27-16-14-23(18-30)17-26(27)25(24-11-9-8-10-12-24)15-13-22(7)29(20(3)4)21(5)6/h8-12,14,16-17,19-22,25,30H,13,15,18H2,1-7H3/t22?,25-/m1/s1. The Hall–Kier alpha value is -2.17. The molecule has 2 atom stereocenters. The molecule has 0 aliphatic heterocycles. The summed E-state index contributed by atoms with van der Waals surface area (Å²) in [6, 6.07) is 17.4. The highest BCUT2D eigenvalue weighted by Gasteiger charge is 2.25. The van der Waals surface area contributed by atoms with E-state index in [1.165, 1.54) is 5.56 Å². The Balaban J connectivity index is 2.44. The van der Waals surface area contributed by atoms with E-state index in [9.17, 15) is 9.90 Å². The van der Waals surface area contributed by atoms with E-state index >= 15 is 0 Å². The number of esters is 1. The van der Waals surface area contributed by atoms with Crippen LogP contribution in [0.2, 0.25) is 0 Å². The lowest BCUT2D eigenvalue weighted by Gasteiger charge is -2.37. The Bertz CT molecular complexity index is 837. The molecule has 0 aliphatic carbocycles. The Morgan fingerprint density at radius 2 is 1.53 bits per heavy atom. The topological polar surface area (TPSA) is 49.8 Å². The second kappa shape index (κ2) is 12.2. The number of hydrogen-bond donors (Lipinski definition) is 1. The third-order valence-corrected chi connectivity index (χ3v) is 6.09. The number of carbonyl (C=O) groups is 1. The van der Waals surface area contributed by atoms with Gasteiger partial charge in [-0.2, -0.15) is 0 Å². The largest absolute Gasteiger partial charge is 0.426 e. The third kappa shape index (κ3) is 6.91. The van der Waals surface area contributed by atoms with Crippen molar-refractivity contribution in [2.24, 2.45) is 5.92 Å². The van der Waals surface area contributed by atoms with Crippen LogP contribution in [0.5, 0.6) is 5.75 Å². The number of benzene rings is 2. The van der Waals surface area contributed by atoms with E-state index in [2.05, 4.69) is 63.8 Å². The fourth-order valence-corrected chi connectivity index (χ4v) is 4.65. The van der Waals surface area contributed by atoms with Crippen molar-refractivity contribution < 1.29 is 14.6 Å². The molecular formula is C28H41NO3. The van der Waals surface area contributed by atoms with Gasteiger partial charge in [-0.1, -0.05) is 50.2 Å². The summed E-state index contributed by atoms with van der Waals surface area (Å²) >= 11 is 0. The third-order valence-electron chi connectivity index (χ3n) is 6.09. The Labute approximate surface area is 194 Å². The highest BCUT2D eigenvalue weighted by molar-refractivity contribution is 5.75. The van der Waals surface area contributed by atoms with Gasteiger partial charge in [0, 0.05) is 29.6 Å². The smallest absolute Gasteiger partial charge is 0.313 e. The van der Waals surface area contributed by atoms with Crippen LogP contribution in [0.25, 0.3) is 0 Å². The van der Waals surface area contributed by atoms with E-state index in [1.807, 2.05) is 38.1 Å². The maximum absolute atomic E-state index is 12.4. The van der Waals surface area contributed by atoms with Crippen LogP contribution in [0.4, 0.5) is 0 Å². The van der Waals surface area contributed by atoms with Gasteiger partial charge in [-0.15, -0.1) is 0 Å². The summed E-state index contributed by atoms with van der Waals surface area (Å²) in [5.74, 6) is 0.212. The fourth-order valence-electron chi connectivity index (χ4n) is 4.65. The Morgan fingerprint density at radius 3 is 2.06 bits per heavy atom. The first-order valence-corrected chi connectivity index (χ1v) is 11.9. The van der Waals surface area contributed by atoms with Crippen LogP contribution in [0.15, 0.2) is 48.5 Å². The van der Waals surface area contributed by atoms with E-state index in [4.69, 9.17) is 4.74 Å². The Morgan fingerprint density at radius 1 is 0.906 bits per heavy atom. The number of aliphatic hydroxyl groups is 1. The van der Waals surface area contributed by atoms with Gasteiger partial charge in [-0.3, -0.25) is 9.69 Å². The van der Waals surface area contributed by atoms with Crippen molar-refractivity contribution in [1.29, 1.82) is 0 Å². The molecule has 0 spiro atoms. The summed E-state index contributed by atoms with van der Waals surface area (Å²) in [5, 5.41) is 9.77. The second-order valence-electron chi connectivity index (χ2n) is 9.63. The molecule has 0 radical (unpaired) electrons. The van der Waals surface area contributed by atoms with Gasteiger partial charge in [0.2, 0.25) is 0 Å². The SMILES string of the molecule is CC(C)C(=O)Oc1ccc(CO)cc1[C@H](CCC(C)N(C(C)C)C(C)C)c1ccccc1. The van der Waals surface area contributed by atoms with Gasteiger partial charge in [0.15, 0.2) is 0 Å². The minimum atomic E-state index is -0.242. The summed E-state index contributed by atoms with van der Waals surface area (Å²) in [7, 11) is 0. The molecule has 176 valence electrons. The molecule has 0 saturated heterocycles. The molecule has 4 nitrogen and oxygen atoms in total. The highest BCUT2D eigenvalue weighted by atomic mass is 16.5. The average Bonchev–Trinajstić information content (AvgIpc) is 2.74. The predicted octanol–water partition coefficient (Wildman–Crippen LogP) is 6.16. The van der Waals surface area contributed by atoms with E-state index in [0.29, 0.717) is 23.9 Å². The van der Waals surface area contributed by atoms with Gasteiger partial charge < -0.3 is 9.84 Å². The zero-order chi connectivity index (χ0) is 23.8. The minimum absolute atomic E-state index is 0.0439. The van der Waals surface area contributed by atoms with Gasteiger partial charge in [-0.25, -0.2) is 0 Å². The van der Waals surface area contributed by atoms with Crippen molar-refractivity contribution in [1.82, 2.24) is 4.90 Å². The van der Waals surface area contributed by atoms with Crippen LogP contribution in [0.3, 0.4) is 0 Å². The monoisotopic (exact) mass is 439 g/mol. The molecule has 2 aromatic carbocycles. The maximum atomic E-state index is 12.4. The lowest BCUT2D eigenvalue weighted by Crippen LogP contribution is -2.43. The molecule has 32 heavy (non-hydrogen) atoms. The van der Waals surface area contributed by atoms with Crippen molar-refractivity contribution in [2.75, 3.05) is 0 Å². The lowest BCUT2D eigenvalue weighted by atomic mass is 9.85. The van der Waals surface area contributed by atoms with Crippen molar-refractivity contribution in [3.63, 3.8) is 0 Å². The molecule has 0 heterocycles. The fraction of sp³-hybridized carbons (Fsp3) is 0.536. The molecular weight excluding hydrogens is 398 g/mol. The number of aliphatic hydroxyl groups excluding tert-OH is 1. The van der Waals surface area contributed by atoms with Crippen LogP contribution < -0.4 is 4.74 Å². The van der Waals surface area contributed by atoms with E-state index in [0.717, 1.165) is 24.0 Å². The summed E-state index contributed by atoms with van der Waals surface area (Å²) in [6.07, 6.45) is 1.93. The molecule has 1 N–H and O–H groups in total. The zero-order valence-corrected chi connectivity index (χ0v) is 20.8. The van der Waals surface area contributed by atoms with Crippen molar-refractivity contribution in [2.45, 2.75) is 92.0 Å². The summed E-state index contributed by atoms with van der Waals surface area (Å²) < 4.78 is 5.81. The minimum Gasteiger partial charge on any atom is -0.426 e. The van der Waals surface area contributed by atoms with Gasteiger partial charge in [-0.05, 0) is 70.7 Å². The quantitative estimate of drug-likeness (QED) is 0.336. The molecule has 0 bridgehead atoms.